The minimum atomic E-state index is -0.183. The first-order valence-corrected chi connectivity index (χ1v) is 6.65. The Balaban J connectivity index is 2.20. The molecule has 1 saturated heterocycles. The molecule has 1 N–H and O–H groups in total. The van der Waals surface area contributed by atoms with Crippen LogP contribution in [0.3, 0.4) is 0 Å². The van der Waals surface area contributed by atoms with Gasteiger partial charge in [0, 0.05) is 25.2 Å². The maximum atomic E-state index is 11.5. The predicted octanol–water partition coefficient (Wildman–Crippen LogP) is 1.29. The van der Waals surface area contributed by atoms with Crippen LogP contribution < -0.4 is 5.56 Å². The molecule has 0 amide bonds. The number of aromatic amines is 1. The van der Waals surface area contributed by atoms with E-state index in [-0.39, 0.29) is 17.5 Å². The standard InChI is InChI=1S/C12H18ClN3O2/c1-8(2)16-3-4-18-10(7-16)12-14-9(6-13)5-11(17)15-12/h5,8,10H,3-4,6-7H2,1-2H3,(H,14,15,17). The van der Waals surface area contributed by atoms with Crippen LogP contribution in [-0.2, 0) is 10.6 Å². The Morgan fingerprint density at radius 3 is 3.11 bits per heavy atom. The van der Waals surface area contributed by atoms with Crippen LogP contribution in [0.15, 0.2) is 10.9 Å². The van der Waals surface area contributed by atoms with Gasteiger partial charge in [0.05, 0.1) is 18.2 Å². The molecular formula is C12H18ClN3O2. The summed E-state index contributed by atoms with van der Waals surface area (Å²) in [5.74, 6) is 0.806. The molecule has 0 aromatic carbocycles. The van der Waals surface area contributed by atoms with Gasteiger partial charge in [0.15, 0.2) is 0 Å². The minimum absolute atomic E-state index is 0.180. The SMILES string of the molecule is CC(C)N1CCOC(c2nc(CCl)cc(=O)[nH]2)C1. The molecule has 2 heterocycles. The molecule has 0 aliphatic carbocycles. The Kier molecular flexibility index (Phi) is 4.37. The average Bonchev–Trinajstić information content (AvgIpc) is 2.38. The summed E-state index contributed by atoms with van der Waals surface area (Å²) in [7, 11) is 0. The monoisotopic (exact) mass is 271 g/mol. The largest absolute Gasteiger partial charge is 0.368 e. The molecule has 18 heavy (non-hydrogen) atoms. The fourth-order valence-electron chi connectivity index (χ4n) is 2.05. The molecule has 1 aliphatic rings. The van der Waals surface area contributed by atoms with Gasteiger partial charge in [0.1, 0.15) is 11.9 Å². The molecular weight excluding hydrogens is 254 g/mol. The van der Waals surface area contributed by atoms with Crippen molar-refractivity contribution in [1.82, 2.24) is 14.9 Å². The van der Waals surface area contributed by atoms with Crippen LogP contribution in [-0.4, -0.2) is 40.6 Å². The molecule has 1 atom stereocenters. The number of hydrogen-bond donors (Lipinski definition) is 1. The van der Waals surface area contributed by atoms with Gasteiger partial charge in [-0.05, 0) is 13.8 Å². The molecule has 2 rings (SSSR count). The predicted molar refractivity (Wildman–Crippen MR) is 69.8 cm³/mol. The highest BCUT2D eigenvalue weighted by atomic mass is 35.5. The van der Waals surface area contributed by atoms with Crippen molar-refractivity contribution in [3.63, 3.8) is 0 Å². The molecule has 1 aromatic heterocycles. The zero-order chi connectivity index (χ0) is 13.1. The molecule has 100 valence electrons. The normalized spacial score (nSPS) is 21.4. The molecule has 0 bridgehead atoms. The van der Waals surface area contributed by atoms with Crippen molar-refractivity contribution in [2.75, 3.05) is 19.7 Å². The summed E-state index contributed by atoms with van der Waals surface area (Å²) in [5, 5.41) is 0. The number of morpholine rings is 1. The van der Waals surface area contributed by atoms with E-state index in [1.165, 1.54) is 6.07 Å². The average molecular weight is 272 g/mol. The van der Waals surface area contributed by atoms with Gasteiger partial charge < -0.3 is 9.72 Å². The van der Waals surface area contributed by atoms with Crippen LogP contribution in [0, 0.1) is 0 Å². The van der Waals surface area contributed by atoms with Crippen LogP contribution in [0.1, 0.15) is 31.5 Å². The molecule has 1 aliphatic heterocycles. The van der Waals surface area contributed by atoms with Gasteiger partial charge >= 0.3 is 0 Å². The first kappa shape index (κ1) is 13.5. The smallest absolute Gasteiger partial charge is 0.251 e. The van der Waals surface area contributed by atoms with Crippen LogP contribution in [0.5, 0.6) is 0 Å². The highest BCUT2D eigenvalue weighted by molar-refractivity contribution is 6.16. The lowest BCUT2D eigenvalue weighted by Gasteiger charge is -2.34. The van der Waals surface area contributed by atoms with E-state index in [2.05, 4.69) is 28.7 Å². The number of nitrogens with zero attached hydrogens (tertiary/aromatic N) is 2. The Morgan fingerprint density at radius 2 is 2.44 bits per heavy atom. The molecule has 1 aromatic rings. The number of rotatable bonds is 3. The summed E-state index contributed by atoms with van der Waals surface area (Å²) in [6, 6.07) is 1.87. The fraction of sp³-hybridized carbons (Fsp3) is 0.667. The van der Waals surface area contributed by atoms with Gasteiger partial charge in [-0.3, -0.25) is 9.69 Å². The number of ether oxygens (including phenoxy) is 1. The zero-order valence-corrected chi connectivity index (χ0v) is 11.4. The van der Waals surface area contributed by atoms with Gasteiger partial charge in [0.2, 0.25) is 0 Å². The van der Waals surface area contributed by atoms with E-state index in [1.54, 1.807) is 0 Å². The van der Waals surface area contributed by atoms with Crippen molar-refractivity contribution in [3.8, 4) is 0 Å². The van der Waals surface area contributed by atoms with Crippen molar-refractivity contribution in [2.45, 2.75) is 31.9 Å². The second kappa shape index (κ2) is 5.82. The second-order valence-corrected chi connectivity index (χ2v) is 4.97. The second-order valence-electron chi connectivity index (χ2n) is 4.70. The van der Waals surface area contributed by atoms with Gasteiger partial charge in [-0.25, -0.2) is 4.98 Å². The van der Waals surface area contributed by atoms with E-state index in [9.17, 15) is 4.79 Å². The topological polar surface area (TPSA) is 58.2 Å². The van der Waals surface area contributed by atoms with E-state index in [4.69, 9.17) is 16.3 Å². The lowest BCUT2D eigenvalue weighted by Crippen LogP contribution is -2.43. The van der Waals surface area contributed by atoms with Gasteiger partial charge in [-0.15, -0.1) is 11.6 Å². The summed E-state index contributed by atoms with van der Waals surface area (Å²) in [6.07, 6.45) is -0.183. The van der Waals surface area contributed by atoms with E-state index in [0.717, 1.165) is 13.1 Å². The number of aromatic nitrogens is 2. The lowest BCUT2D eigenvalue weighted by molar-refractivity contribution is -0.0444. The van der Waals surface area contributed by atoms with E-state index < -0.39 is 0 Å². The maximum Gasteiger partial charge on any atom is 0.251 e. The highest BCUT2D eigenvalue weighted by Crippen LogP contribution is 2.20. The summed E-state index contributed by atoms with van der Waals surface area (Å²) >= 11 is 5.72. The highest BCUT2D eigenvalue weighted by Gasteiger charge is 2.25. The minimum Gasteiger partial charge on any atom is -0.368 e. The summed E-state index contributed by atoms with van der Waals surface area (Å²) in [5.41, 5.74) is 0.404. The third-order valence-corrected chi connectivity index (χ3v) is 3.36. The Morgan fingerprint density at radius 1 is 1.67 bits per heavy atom. The molecule has 0 radical (unpaired) electrons. The van der Waals surface area contributed by atoms with Crippen LogP contribution in [0.4, 0.5) is 0 Å². The zero-order valence-electron chi connectivity index (χ0n) is 10.6. The van der Waals surface area contributed by atoms with E-state index in [0.29, 0.717) is 24.2 Å². The Labute approximate surface area is 111 Å². The summed E-state index contributed by atoms with van der Waals surface area (Å²) in [6.45, 7) is 6.60. The Bertz CT molecular complexity index is 461. The third-order valence-electron chi connectivity index (χ3n) is 3.08. The number of alkyl halides is 1. The van der Waals surface area contributed by atoms with E-state index >= 15 is 0 Å². The van der Waals surface area contributed by atoms with Gasteiger partial charge in [-0.1, -0.05) is 0 Å². The van der Waals surface area contributed by atoms with Crippen LogP contribution in [0.25, 0.3) is 0 Å². The van der Waals surface area contributed by atoms with Crippen molar-refractivity contribution < 1.29 is 4.74 Å². The molecule has 0 saturated carbocycles. The summed E-state index contributed by atoms with van der Waals surface area (Å²) in [4.78, 5) is 20.9. The lowest BCUT2D eigenvalue weighted by atomic mass is 10.2. The van der Waals surface area contributed by atoms with Crippen molar-refractivity contribution in [3.05, 3.63) is 27.9 Å². The molecule has 5 nitrogen and oxygen atoms in total. The van der Waals surface area contributed by atoms with Crippen LogP contribution in [0.2, 0.25) is 0 Å². The molecule has 6 heteroatoms. The quantitative estimate of drug-likeness (QED) is 0.842. The van der Waals surface area contributed by atoms with Crippen LogP contribution >= 0.6 is 11.6 Å². The number of hydrogen-bond acceptors (Lipinski definition) is 4. The van der Waals surface area contributed by atoms with Gasteiger partial charge in [-0.2, -0.15) is 0 Å². The number of H-pyrrole nitrogens is 1. The van der Waals surface area contributed by atoms with Crippen molar-refractivity contribution in [1.29, 1.82) is 0 Å². The van der Waals surface area contributed by atoms with E-state index in [1.807, 2.05) is 0 Å². The first-order valence-electron chi connectivity index (χ1n) is 6.12. The fourth-order valence-corrected chi connectivity index (χ4v) is 2.19. The van der Waals surface area contributed by atoms with Gasteiger partial charge in [0.25, 0.3) is 5.56 Å². The number of nitrogens with one attached hydrogen (secondary N) is 1. The Hall–Kier alpha value is -0.910. The molecule has 0 spiro atoms. The van der Waals surface area contributed by atoms with Crippen molar-refractivity contribution >= 4 is 11.6 Å². The molecule has 1 fully saturated rings. The maximum absolute atomic E-state index is 11.5. The molecule has 1 unspecified atom stereocenters. The van der Waals surface area contributed by atoms with Crippen molar-refractivity contribution in [2.24, 2.45) is 0 Å². The number of halogens is 1. The first-order chi connectivity index (χ1) is 8.60. The third kappa shape index (κ3) is 3.10. The summed E-state index contributed by atoms with van der Waals surface area (Å²) < 4.78 is 5.68.